The van der Waals surface area contributed by atoms with E-state index >= 15 is 0 Å². The van der Waals surface area contributed by atoms with Gasteiger partial charge in [0.25, 0.3) is 0 Å². The Bertz CT molecular complexity index is 308. The third kappa shape index (κ3) is 15.3. The molecule has 3 heteroatoms. The molecule has 0 fully saturated rings. The van der Waals surface area contributed by atoms with E-state index in [0.717, 1.165) is 38.5 Å². The number of unbranched alkanes of at least 4 members (excludes halogenated alkanes) is 8. The Balaban J connectivity index is 3.40. The Labute approximate surface area is 136 Å². The van der Waals surface area contributed by atoms with Gasteiger partial charge < -0.3 is 9.84 Å². The minimum Gasteiger partial charge on any atom is -0.469 e. The molecule has 0 heterocycles. The van der Waals surface area contributed by atoms with Crippen LogP contribution < -0.4 is 0 Å². The highest BCUT2D eigenvalue weighted by Crippen LogP contribution is 2.08. The molecule has 0 saturated carbocycles. The van der Waals surface area contributed by atoms with Gasteiger partial charge in [0.15, 0.2) is 0 Å². The summed E-state index contributed by atoms with van der Waals surface area (Å²) >= 11 is 0. The molecule has 0 amide bonds. The highest BCUT2D eigenvalue weighted by Gasteiger charge is 1.98. The lowest BCUT2D eigenvalue weighted by molar-refractivity contribution is -0.140. The number of hydrogen-bond acceptors (Lipinski definition) is 3. The van der Waals surface area contributed by atoms with E-state index in [9.17, 15) is 9.90 Å². The van der Waals surface area contributed by atoms with Crippen LogP contribution in [0.3, 0.4) is 0 Å². The van der Waals surface area contributed by atoms with Crippen molar-refractivity contribution < 1.29 is 14.6 Å². The molecule has 0 aliphatic carbocycles. The maximum atomic E-state index is 10.9. The molecule has 0 rings (SSSR count). The molecule has 0 aromatic rings. The normalized spacial score (nSPS) is 13.0. The van der Waals surface area contributed by atoms with Gasteiger partial charge in [0.05, 0.1) is 13.2 Å². The van der Waals surface area contributed by atoms with Crippen molar-refractivity contribution in [3.05, 3.63) is 24.3 Å². The molecule has 0 aliphatic rings. The molecule has 3 nitrogen and oxygen atoms in total. The smallest absolute Gasteiger partial charge is 0.305 e. The van der Waals surface area contributed by atoms with Gasteiger partial charge in [-0.1, -0.05) is 63.3 Å². The van der Waals surface area contributed by atoms with Crippen molar-refractivity contribution in [2.75, 3.05) is 7.11 Å². The minimum absolute atomic E-state index is 0.111. The van der Waals surface area contributed by atoms with E-state index < -0.39 is 6.10 Å². The third-order valence-corrected chi connectivity index (χ3v) is 3.62. The number of esters is 1. The first kappa shape index (κ1) is 20.9. The SMILES string of the molecule is CCCCC/C=C\C(O)/C=C\CCCCCCCC(=O)OC. The topological polar surface area (TPSA) is 46.5 Å². The lowest BCUT2D eigenvalue weighted by atomic mass is 10.1. The van der Waals surface area contributed by atoms with Gasteiger partial charge in [-0.05, 0) is 32.1 Å². The Morgan fingerprint density at radius 1 is 0.955 bits per heavy atom. The van der Waals surface area contributed by atoms with Gasteiger partial charge in [0.2, 0.25) is 0 Å². The van der Waals surface area contributed by atoms with E-state index in [-0.39, 0.29) is 5.97 Å². The van der Waals surface area contributed by atoms with Crippen LogP contribution in [0.5, 0.6) is 0 Å². The third-order valence-electron chi connectivity index (χ3n) is 3.62. The van der Waals surface area contributed by atoms with Gasteiger partial charge in [-0.2, -0.15) is 0 Å². The molecule has 0 spiro atoms. The van der Waals surface area contributed by atoms with Gasteiger partial charge >= 0.3 is 5.97 Å². The van der Waals surface area contributed by atoms with Crippen LogP contribution in [0.15, 0.2) is 24.3 Å². The monoisotopic (exact) mass is 310 g/mol. The van der Waals surface area contributed by atoms with Crippen LogP contribution in [-0.4, -0.2) is 24.3 Å². The fourth-order valence-electron chi connectivity index (χ4n) is 2.21. The average molecular weight is 310 g/mol. The molecular formula is C19H34O3. The van der Waals surface area contributed by atoms with Crippen LogP contribution in [-0.2, 0) is 9.53 Å². The minimum atomic E-state index is -0.443. The van der Waals surface area contributed by atoms with Crippen LogP contribution in [0, 0.1) is 0 Å². The molecule has 128 valence electrons. The molecule has 0 aromatic carbocycles. The quantitative estimate of drug-likeness (QED) is 0.281. The zero-order valence-corrected chi connectivity index (χ0v) is 14.4. The summed E-state index contributed by atoms with van der Waals surface area (Å²) in [5.41, 5.74) is 0. The van der Waals surface area contributed by atoms with Crippen LogP contribution in [0.4, 0.5) is 0 Å². The number of aliphatic hydroxyl groups is 1. The number of methoxy groups -OCH3 is 1. The summed E-state index contributed by atoms with van der Waals surface area (Å²) in [6.07, 6.45) is 19.2. The summed E-state index contributed by atoms with van der Waals surface area (Å²) in [5, 5.41) is 9.74. The summed E-state index contributed by atoms with van der Waals surface area (Å²) in [7, 11) is 1.43. The van der Waals surface area contributed by atoms with Crippen molar-refractivity contribution in [1.29, 1.82) is 0 Å². The largest absolute Gasteiger partial charge is 0.469 e. The second-order valence-corrected chi connectivity index (χ2v) is 5.73. The molecule has 0 bridgehead atoms. The van der Waals surface area contributed by atoms with Crippen molar-refractivity contribution in [2.24, 2.45) is 0 Å². The van der Waals surface area contributed by atoms with Crippen molar-refractivity contribution in [1.82, 2.24) is 0 Å². The standard InChI is InChI=1S/C19H34O3/c1-3-4-5-9-12-15-18(20)16-13-10-7-6-8-11-14-17-19(21)22-2/h12-13,15-16,18,20H,3-11,14,17H2,1-2H3/b15-12-,16-13-. The van der Waals surface area contributed by atoms with Crippen LogP contribution >= 0.6 is 0 Å². The summed E-state index contributed by atoms with van der Waals surface area (Å²) in [4.78, 5) is 10.9. The predicted molar refractivity (Wildman–Crippen MR) is 92.8 cm³/mol. The zero-order chi connectivity index (χ0) is 16.5. The number of aliphatic hydroxyl groups excluding tert-OH is 1. The van der Waals surface area contributed by atoms with Gasteiger partial charge in [-0.3, -0.25) is 4.79 Å². The van der Waals surface area contributed by atoms with Crippen LogP contribution in [0.2, 0.25) is 0 Å². The second kappa shape index (κ2) is 16.3. The first-order valence-corrected chi connectivity index (χ1v) is 8.79. The molecule has 0 aliphatic heterocycles. The maximum absolute atomic E-state index is 10.9. The highest BCUT2D eigenvalue weighted by molar-refractivity contribution is 5.68. The Hall–Kier alpha value is -1.09. The zero-order valence-electron chi connectivity index (χ0n) is 14.4. The van der Waals surface area contributed by atoms with E-state index in [1.807, 2.05) is 12.2 Å². The number of ether oxygens (including phenoxy) is 1. The van der Waals surface area contributed by atoms with E-state index in [4.69, 9.17) is 0 Å². The summed E-state index contributed by atoms with van der Waals surface area (Å²) in [6.45, 7) is 2.19. The molecular weight excluding hydrogens is 276 g/mol. The molecule has 1 unspecified atom stereocenters. The van der Waals surface area contributed by atoms with Crippen molar-refractivity contribution in [3.8, 4) is 0 Å². The molecule has 22 heavy (non-hydrogen) atoms. The number of rotatable bonds is 14. The van der Waals surface area contributed by atoms with Crippen molar-refractivity contribution in [2.45, 2.75) is 83.7 Å². The fraction of sp³-hybridized carbons (Fsp3) is 0.737. The van der Waals surface area contributed by atoms with Crippen LogP contribution in [0.25, 0.3) is 0 Å². The average Bonchev–Trinajstić information content (AvgIpc) is 2.52. The fourth-order valence-corrected chi connectivity index (χ4v) is 2.21. The molecule has 0 radical (unpaired) electrons. The molecule has 0 saturated heterocycles. The van der Waals surface area contributed by atoms with E-state index in [1.54, 1.807) is 0 Å². The lowest BCUT2D eigenvalue weighted by Crippen LogP contribution is -1.99. The Morgan fingerprint density at radius 3 is 2.09 bits per heavy atom. The summed E-state index contributed by atoms with van der Waals surface area (Å²) in [6, 6.07) is 0. The number of allylic oxidation sites excluding steroid dienone is 2. The van der Waals surface area contributed by atoms with Crippen molar-refractivity contribution in [3.63, 3.8) is 0 Å². The van der Waals surface area contributed by atoms with E-state index in [0.29, 0.717) is 6.42 Å². The number of hydrogen-bond donors (Lipinski definition) is 1. The second-order valence-electron chi connectivity index (χ2n) is 5.73. The predicted octanol–water partition coefficient (Wildman–Crippen LogP) is 4.94. The molecule has 0 aromatic heterocycles. The first-order valence-electron chi connectivity index (χ1n) is 8.79. The highest BCUT2D eigenvalue weighted by atomic mass is 16.5. The van der Waals surface area contributed by atoms with Gasteiger partial charge in [0.1, 0.15) is 0 Å². The maximum Gasteiger partial charge on any atom is 0.305 e. The molecule has 1 N–H and O–H groups in total. The summed E-state index contributed by atoms with van der Waals surface area (Å²) in [5.74, 6) is -0.111. The molecule has 1 atom stereocenters. The van der Waals surface area contributed by atoms with Gasteiger partial charge in [-0.15, -0.1) is 0 Å². The van der Waals surface area contributed by atoms with Crippen molar-refractivity contribution >= 4 is 5.97 Å². The Kier molecular flexibility index (Phi) is 15.5. The first-order chi connectivity index (χ1) is 10.7. The number of carbonyl (C=O) groups excluding carboxylic acids is 1. The Morgan fingerprint density at radius 2 is 1.50 bits per heavy atom. The van der Waals surface area contributed by atoms with Gasteiger partial charge in [-0.25, -0.2) is 0 Å². The summed E-state index contributed by atoms with van der Waals surface area (Å²) < 4.78 is 4.60. The number of carbonyl (C=O) groups is 1. The van der Waals surface area contributed by atoms with E-state index in [2.05, 4.69) is 23.8 Å². The van der Waals surface area contributed by atoms with Crippen LogP contribution in [0.1, 0.15) is 77.6 Å². The van der Waals surface area contributed by atoms with Gasteiger partial charge in [0, 0.05) is 6.42 Å². The lowest BCUT2D eigenvalue weighted by Gasteiger charge is -2.01. The van der Waals surface area contributed by atoms with E-state index in [1.165, 1.54) is 32.8 Å².